The number of methoxy groups -OCH3 is 1. The summed E-state index contributed by atoms with van der Waals surface area (Å²) in [5.41, 5.74) is 0.669. The fraction of sp³-hybridized carbons (Fsp3) is 0.357. The van der Waals surface area contributed by atoms with Gasteiger partial charge in [0.2, 0.25) is 11.7 Å². The Balaban J connectivity index is 2.36. The molecule has 1 aromatic carbocycles. The third kappa shape index (κ3) is 2.82. The molecule has 0 fully saturated rings. The van der Waals surface area contributed by atoms with E-state index in [1.165, 1.54) is 0 Å². The molecule has 1 aromatic heterocycles. The van der Waals surface area contributed by atoms with Crippen molar-refractivity contribution >= 4 is 17.4 Å². The number of carbonyl (C=O) groups is 1. The lowest BCUT2D eigenvalue weighted by Crippen LogP contribution is -2.07. The number of carbonyl (C=O) groups excluding carboxylic acids is 1. The van der Waals surface area contributed by atoms with Crippen molar-refractivity contribution < 1.29 is 14.1 Å². The van der Waals surface area contributed by atoms with Gasteiger partial charge in [-0.25, -0.2) is 0 Å². The van der Waals surface area contributed by atoms with Crippen LogP contribution in [0.3, 0.4) is 0 Å². The summed E-state index contributed by atoms with van der Waals surface area (Å²) in [6.45, 7) is 3.56. The number of Topliss-reactive ketones (excluding diaryl/α,β-unsaturated/α-hetero) is 1. The van der Waals surface area contributed by atoms with Crippen LogP contribution in [-0.4, -0.2) is 23.0 Å². The zero-order valence-corrected chi connectivity index (χ0v) is 12.3. The zero-order chi connectivity index (χ0) is 14.7. The second-order valence-corrected chi connectivity index (χ2v) is 4.78. The molecule has 0 radical (unpaired) electrons. The fourth-order valence-corrected chi connectivity index (χ4v) is 1.98. The minimum Gasteiger partial charge on any atom is -0.496 e. The molecule has 1 atom stereocenters. The summed E-state index contributed by atoms with van der Waals surface area (Å²) in [7, 11) is 1.54. The molecule has 0 N–H and O–H groups in total. The molecule has 1 heterocycles. The Labute approximate surface area is 121 Å². The third-order valence-electron chi connectivity index (χ3n) is 3.05. The van der Waals surface area contributed by atoms with E-state index in [0.29, 0.717) is 34.5 Å². The SMILES string of the molecule is CCC(=O)C(C)c1nc(-c2ccc(Cl)cc2OC)no1. The molecule has 0 aliphatic carbocycles. The summed E-state index contributed by atoms with van der Waals surface area (Å²) in [5, 5.41) is 4.46. The van der Waals surface area contributed by atoms with Gasteiger partial charge in [0.25, 0.3) is 0 Å². The summed E-state index contributed by atoms with van der Waals surface area (Å²) in [4.78, 5) is 15.9. The highest BCUT2D eigenvalue weighted by Gasteiger charge is 2.21. The molecule has 1 unspecified atom stereocenters. The maximum atomic E-state index is 11.7. The molecule has 2 aromatic rings. The normalized spacial score (nSPS) is 12.2. The predicted molar refractivity (Wildman–Crippen MR) is 75.0 cm³/mol. The molecule has 0 saturated heterocycles. The second-order valence-electron chi connectivity index (χ2n) is 4.34. The molecule has 0 aliphatic heterocycles. The van der Waals surface area contributed by atoms with Crippen molar-refractivity contribution in [1.82, 2.24) is 10.1 Å². The highest BCUT2D eigenvalue weighted by Crippen LogP contribution is 2.31. The van der Waals surface area contributed by atoms with Crippen molar-refractivity contribution in [2.24, 2.45) is 0 Å². The van der Waals surface area contributed by atoms with Crippen LogP contribution in [0.2, 0.25) is 5.02 Å². The average Bonchev–Trinajstić information content (AvgIpc) is 2.94. The number of hydrogen-bond acceptors (Lipinski definition) is 5. The molecule has 20 heavy (non-hydrogen) atoms. The van der Waals surface area contributed by atoms with E-state index in [0.717, 1.165) is 0 Å². The molecule has 2 rings (SSSR count). The van der Waals surface area contributed by atoms with Crippen LogP contribution in [0.1, 0.15) is 32.1 Å². The summed E-state index contributed by atoms with van der Waals surface area (Å²) < 4.78 is 10.4. The smallest absolute Gasteiger partial charge is 0.237 e. The lowest BCUT2D eigenvalue weighted by molar-refractivity contribution is -0.120. The molecule has 0 amide bonds. The Bertz CT molecular complexity index is 625. The number of benzene rings is 1. The Kier molecular flexibility index (Phi) is 4.39. The van der Waals surface area contributed by atoms with Gasteiger partial charge in [-0.15, -0.1) is 0 Å². The Hall–Kier alpha value is -1.88. The first-order chi connectivity index (χ1) is 9.56. The van der Waals surface area contributed by atoms with Gasteiger partial charge >= 0.3 is 0 Å². The van der Waals surface area contributed by atoms with Crippen molar-refractivity contribution in [2.75, 3.05) is 7.11 Å². The first kappa shape index (κ1) is 14.5. The third-order valence-corrected chi connectivity index (χ3v) is 3.28. The van der Waals surface area contributed by atoms with E-state index < -0.39 is 5.92 Å². The van der Waals surface area contributed by atoms with E-state index in [1.54, 1.807) is 39.2 Å². The number of nitrogens with zero attached hydrogens (tertiary/aromatic N) is 2. The summed E-state index contributed by atoms with van der Waals surface area (Å²) in [5.74, 6) is 0.898. The highest BCUT2D eigenvalue weighted by molar-refractivity contribution is 6.30. The van der Waals surface area contributed by atoms with Crippen LogP contribution in [-0.2, 0) is 4.79 Å². The van der Waals surface area contributed by atoms with Gasteiger partial charge in [-0.3, -0.25) is 4.79 Å². The molecule has 106 valence electrons. The zero-order valence-electron chi connectivity index (χ0n) is 11.5. The van der Waals surface area contributed by atoms with Gasteiger partial charge in [0.05, 0.1) is 18.6 Å². The Morgan fingerprint density at radius 3 is 2.90 bits per heavy atom. The number of rotatable bonds is 5. The van der Waals surface area contributed by atoms with Crippen LogP contribution < -0.4 is 4.74 Å². The number of ether oxygens (including phenoxy) is 1. The van der Waals surface area contributed by atoms with Gasteiger partial charge in [0.1, 0.15) is 11.5 Å². The summed E-state index contributed by atoms with van der Waals surface area (Å²) in [6.07, 6.45) is 0.434. The van der Waals surface area contributed by atoms with Crippen LogP contribution in [0.15, 0.2) is 22.7 Å². The Morgan fingerprint density at radius 2 is 2.25 bits per heavy atom. The van der Waals surface area contributed by atoms with E-state index in [9.17, 15) is 4.79 Å². The second kappa shape index (κ2) is 6.05. The van der Waals surface area contributed by atoms with Crippen molar-refractivity contribution in [2.45, 2.75) is 26.2 Å². The Morgan fingerprint density at radius 1 is 1.50 bits per heavy atom. The maximum Gasteiger partial charge on any atom is 0.237 e. The van der Waals surface area contributed by atoms with Crippen LogP contribution >= 0.6 is 11.6 Å². The molecule has 5 nitrogen and oxygen atoms in total. The number of halogens is 1. The van der Waals surface area contributed by atoms with Gasteiger partial charge in [0, 0.05) is 11.4 Å². The summed E-state index contributed by atoms with van der Waals surface area (Å²) >= 11 is 5.91. The van der Waals surface area contributed by atoms with E-state index >= 15 is 0 Å². The highest BCUT2D eigenvalue weighted by atomic mass is 35.5. The lowest BCUT2D eigenvalue weighted by Gasteiger charge is -2.05. The van der Waals surface area contributed by atoms with Crippen LogP contribution in [0.25, 0.3) is 11.4 Å². The summed E-state index contributed by atoms with van der Waals surface area (Å²) in [6, 6.07) is 5.14. The molecule has 0 spiro atoms. The molecule has 0 aliphatic rings. The largest absolute Gasteiger partial charge is 0.496 e. The average molecular weight is 295 g/mol. The topological polar surface area (TPSA) is 65.2 Å². The standard InChI is InChI=1S/C14H15ClN2O3/c1-4-11(18)8(2)14-16-13(17-20-14)10-6-5-9(15)7-12(10)19-3/h5-8H,4H2,1-3H3. The predicted octanol–water partition coefficient (Wildman–Crippen LogP) is 3.48. The molecule has 0 bridgehead atoms. The molecular weight excluding hydrogens is 280 g/mol. The quantitative estimate of drug-likeness (QED) is 0.844. The van der Waals surface area contributed by atoms with Gasteiger partial charge < -0.3 is 9.26 Å². The van der Waals surface area contributed by atoms with E-state index in [-0.39, 0.29) is 5.78 Å². The minimum absolute atomic E-state index is 0.0586. The van der Waals surface area contributed by atoms with E-state index in [4.69, 9.17) is 20.9 Å². The van der Waals surface area contributed by atoms with Gasteiger partial charge in [-0.1, -0.05) is 23.7 Å². The number of ketones is 1. The monoisotopic (exact) mass is 294 g/mol. The van der Waals surface area contributed by atoms with Gasteiger partial charge in [0.15, 0.2) is 0 Å². The maximum absolute atomic E-state index is 11.7. The van der Waals surface area contributed by atoms with Crippen LogP contribution in [0.5, 0.6) is 5.75 Å². The van der Waals surface area contributed by atoms with E-state index in [1.807, 2.05) is 0 Å². The fourth-order valence-electron chi connectivity index (χ4n) is 1.81. The first-order valence-electron chi connectivity index (χ1n) is 6.27. The molecule has 0 saturated carbocycles. The van der Waals surface area contributed by atoms with Crippen molar-refractivity contribution in [3.05, 3.63) is 29.1 Å². The lowest BCUT2D eigenvalue weighted by atomic mass is 10.1. The number of hydrogen-bond donors (Lipinski definition) is 0. The molecular formula is C14H15ClN2O3. The van der Waals surface area contributed by atoms with Crippen molar-refractivity contribution in [3.63, 3.8) is 0 Å². The number of aromatic nitrogens is 2. The van der Waals surface area contributed by atoms with Gasteiger partial charge in [-0.2, -0.15) is 4.98 Å². The van der Waals surface area contributed by atoms with Crippen LogP contribution in [0.4, 0.5) is 0 Å². The first-order valence-corrected chi connectivity index (χ1v) is 6.64. The van der Waals surface area contributed by atoms with E-state index in [2.05, 4.69) is 10.1 Å². The van der Waals surface area contributed by atoms with Crippen molar-refractivity contribution in [1.29, 1.82) is 0 Å². The van der Waals surface area contributed by atoms with Gasteiger partial charge in [-0.05, 0) is 25.1 Å². The van der Waals surface area contributed by atoms with Crippen molar-refractivity contribution in [3.8, 4) is 17.1 Å². The molecule has 6 heteroatoms. The van der Waals surface area contributed by atoms with Crippen LogP contribution in [0, 0.1) is 0 Å². The minimum atomic E-state index is -0.403.